The Labute approximate surface area is 292 Å². The first kappa shape index (κ1) is 35.9. The number of amides is 1. The third kappa shape index (κ3) is 10.1. The number of unbranched alkanes of at least 4 members (excludes halogenated alkanes) is 1. The highest BCUT2D eigenvalue weighted by atomic mass is 32.2. The first-order valence-electron chi connectivity index (χ1n) is 17.3. The lowest BCUT2D eigenvalue weighted by Gasteiger charge is -2.27. The molecule has 0 saturated carbocycles. The van der Waals surface area contributed by atoms with E-state index in [0.29, 0.717) is 47.7 Å². The minimum Gasteiger partial charge on any atom is -0.491 e. The molecule has 11 heteroatoms. The van der Waals surface area contributed by atoms with E-state index in [4.69, 9.17) is 9.47 Å². The van der Waals surface area contributed by atoms with Gasteiger partial charge in [0.2, 0.25) is 0 Å². The van der Waals surface area contributed by atoms with Gasteiger partial charge in [0.05, 0.1) is 35.2 Å². The van der Waals surface area contributed by atoms with E-state index in [1.165, 1.54) is 0 Å². The quantitative estimate of drug-likeness (QED) is 0.117. The molecule has 2 aromatic heterocycles. The van der Waals surface area contributed by atoms with Crippen LogP contribution in [0.3, 0.4) is 0 Å². The van der Waals surface area contributed by atoms with Crippen LogP contribution < -0.4 is 15.0 Å². The standard InChI is InChI=1S/C38H48N6O4S/c1-5-7-19-47-20-21-48-34-11-8-29(9-12-34)30-10-13-35-32(22-30)23-31(16-18-43(35)25-28(3)4)38(45)40-36-14-15-37(42-41-36)49(46)26-33-24-39-27-44(33)17-6-2/h8-15,22-24,27-28H,5-7,16-21,25-26H2,1-4H3,(H,40,41,45). The van der Waals surface area contributed by atoms with Crippen molar-refractivity contribution in [2.24, 2.45) is 5.92 Å². The van der Waals surface area contributed by atoms with E-state index >= 15 is 0 Å². The van der Waals surface area contributed by atoms with Crippen LogP contribution in [-0.4, -0.2) is 62.8 Å². The molecule has 0 bridgehead atoms. The molecule has 0 aliphatic carbocycles. The molecule has 5 rings (SSSR count). The molecular weight excluding hydrogens is 637 g/mol. The maximum Gasteiger partial charge on any atom is 0.252 e. The molecule has 10 nitrogen and oxygen atoms in total. The smallest absolute Gasteiger partial charge is 0.252 e. The normalized spacial score (nSPS) is 13.5. The minimum atomic E-state index is -1.39. The monoisotopic (exact) mass is 684 g/mol. The summed E-state index contributed by atoms with van der Waals surface area (Å²) in [5, 5.41) is 11.6. The molecule has 1 N–H and O–H groups in total. The van der Waals surface area contributed by atoms with Crippen molar-refractivity contribution in [3.05, 3.63) is 84.0 Å². The lowest BCUT2D eigenvalue weighted by molar-refractivity contribution is -0.112. The van der Waals surface area contributed by atoms with E-state index in [0.717, 1.165) is 79.3 Å². The summed E-state index contributed by atoms with van der Waals surface area (Å²) in [6.45, 7) is 12.9. The van der Waals surface area contributed by atoms with Gasteiger partial charge in [-0.15, -0.1) is 10.2 Å². The molecule has 1 aliphatic rings. The minimum absolute atomic E-state index is 0.227. The van der Waals surface area contributed by atoms with Gasteiger partial charge in [0.25, 0.3) is 5.91 Å². The number of aromatic nitrogens is 4. The summed E-state index contributed by atoms with van der Waals surface area (Å²) in [6.07, 6.45) is 9.20. The van der Waals surface area contributed by atoms with Gasteiger partial charge < -0.3 is 24.3 Å². The maximum absolute atomic E-state index is 13.6. The lowest BCUT2D eigenvalue weighted by atomic mass is 10.00. The zero-order chi connectivity index (χ0) is 34.6. The van der Waals surface area contributed by atoms with Gasteiger partial charge in [-0.3, -0.25) is 9.00 Å². The van der Waals surface area contributed by atoms with Crippen molar-refractivity contribution in [2.45, 2.75) is 70.7 Å². The number of nitrogens with zero attached hydrogens (tertiary/aromatic N) is 5. The zero-order valence-corrected chi connectivity index (χ0v) is 29.9. The fraction of sp³-hybridized carbons (Fsp3) is 0.421. The molecule has 1 unspecified atom stereocenters. The third-order valence-corrected chi connectivity index (χ3v) is 9.45. The Hall–Kier alpha value is -4.35. The molecule has 4 aromatic rings. The first-order chi connectivity index (χ1) is 23.8. The number of anilines is 2. The van der Waals surface area contributed by atoms with Crippen LogP contribution in [-0.2, 0) is 32.6 Å². The SMILES string of the molecule is CCCCOCCOc1ccc(-c2ccc3c(c2)C=C(C(=O)Nc2ccc(S(=O)Cc4cncn4CCC)nn2)CCN3CC(C)C)cc1. The summed E-state index contributed by atoms with van der Waals surface area (Å²) in [5.41, 5.74) is 5.77. The van der Waals surface area contributed by atoms with Crippen molar-refractivity contribution in [2.75, 3.05) is 43.1 Å². The summed E-state index contributed by atoms with van der Waals surface area (Å²) in [4.78, 5) is 20.1. The van der Waals surface area contributed by atoms with E-state index in [1.807, 2.05) is 22.8 Å². The van der Waals surface area contributed by atoms with Crippen molar-refractivity contribution in [1.29, 1.82) is 0 Å². The predicted octanol–water partition coefficient (Wildman–Crippen LogP) is 7.14. The van der Waals surface area contributed by atoms with E-state index < -0.39 is 10.8 Å². The second-order valence-electron chi connectivity index (χ2n) is 12.7. The lowest BCUT2D eigenvalue weighted by Crippen LogP contribution is -2.29. The van der Waals surface area contributed by atoms with Crippen molar-refractivity contribution in [3.8, 4) is 16.9 Å². The third-order valence-electron chi connectivity index (χ3n) is 8.21. The highest BCUT2D eigenvalue weighted by Gasteiger charge is 2.21. The van der Waals surface area contributed by atoms with Crippen LogP contribution in [0.15, 0.2) is 77.7 Å². The summed E-state index contributed by atoms with van der Waals surface area (Å²) in [6, 6.07) is 17.8. The Morgan fingerprint density at radius 1 is 0.980 bits per heavy atom. The number of hydrogen-bond acceptors (Lipinski definition) is 8. The Bertz CT molecular complexity index is 1720. The summed E-state index contributed by atoms with van der Waals surface area (Å²) < 4.78 is 26.5. The molecule has 0 radical (unpaired) electrons. The largest absolute Gasteiger partial charge is 0.491 e. The van der Waals surface area contributed by atoms with Gasteiger partial charge in [-0.05, 0) is 84.3 Å². The number of hydrogen-bond donors (Lipinski definition) is 1. The van der Waals surface area contributed by atoms with Crippen LogP contribution in [0.25, 0.3) is 17.2 Å². The molecule has 0 saturated heterocycles. The van der Waals surface area contributed by atoms with E-state index in [1.54, 1.807) is 24.7 Å². The number of aryl methyl sites for hydroxylation is 1. The van der Waals surface area contributed by atoms with Gasteiger partial charge >= 0.3 is 0 Å². The van der Waals surface area contributed by atoms with Gasteiger partial charge in [-0.25, -0.2) is 4.98 Å². The van der Waals surface area contributed by atoms with Crippen LogP contribution >= 0.6 is 0 Å². The number of fused-ring (bicyclic) bond motifs is 1. The van der Waals surface area contributed by atoms with Gasteiger partial charge in [0.1, 0.15) is 17.4 Å². The maximum atomic E-state index is 13.6. The van der Waals surface area contributed by atoms with Gasteiger partial charge in [0, 0.05) is 43.7 Å². The number of carbonyl (C=O) groups is 1. The fourth-order valence-corrected chi connectivity index (χ4v) is 6.73. The van der Waals surface area contributed by atoms with Crippen molar-refractivity contribution in [1.82, 2.24) is 19.7 Å². The number of ether oxygens (including phenoxy) is 2. The molecule has 1 aliphatic heterocycles. The highest BCUT2D eigenvalue weighted by molar-refractivity contribution is 7.84. The number of imidazole rings is 1. The van der Waals surface area contributed by atoms with Gasteiger partial charge in [0.15, 0.2) is 5.82 Å². The van der Waals surface area contributed by atoms with E-state index in [9.17, 15) is 9.00 Å². The van der Waals surface area contributed by atoms with Crippen LogP contribution in [0.1, 0.15) is 64.6 Å². The summed E-state index contributed by atoms with van der Waals surface area (Å²) in [7, 11) is -1.39. The Kier molecular flexibility index (Phi) is 13.1. The van der Waals surface area contributed by atoms with Crippen molar-refractivity contribution < 1.29 is 18.5 Å². The molecule has 260 valence electrons. The van der Waals surface area contributed by atoms with Gasteiger partial charge in [-0.1, -0.05) is 52.3 Å². The Morgan fingerprint density at radius 2 is 1.80 bits per heavy atom. The predicted molar refractivity (Wildman–Crippen MR) is 196 cm³/mol. The molecule has 1 atom stereocenters. The average molecular weight is 685 g/mol. The van der Waals surface area contributed by atoms with Crippen molar-refractivity contribution >= 4 is 34.3 Å². The summed E-state index contributed by atoms with van der Waals surface area (Å²) in [5.74, 6) is 1.65. The molecule has 0 fully saturated rings. The Balaban J connectivity index is 1.28. The van der Waals surface area contributed by atoms with Crippen LogP contribution in [0.2, 0.25) is 0 Å². The topological polar surface area (TPSA) is 111 Å². The van der Waals surface area contributed by atoms with Crippen LogP contribution in [0.5, 0.6) is 5.75 Å². The summed E-state index contributed by atoms with van der Waals surface area (Å²) >= 11 is 0. The fourth-order valence-electron chi connectivity index (χ4n) is 5.72. The van der Waals surface area contributed by atoms with E-state index in [-0.39, 0.29) is 5.91 Å². The average Bonchev–Trinajstić information content (AvgIpc) is 3.45. The molecule has 0 spiro atoms. The van der Waals surface area contributed by atoms with Crippen LogP contribution in [0.4, 0.5) is 11.5 Å². The highest BCUT2D eigenvalue weighted by Crippen LogP contribution is 2.33. The molecule has 1 amide bonds. The number of nitrogens with one attached hydrogen (secondary N) is 1. The zero-order valence-electron chi connectivity index (χ0n) is 29.1. The number of benzene rings is 2. The van der Waals surface area contributed by atoms with Crippen LogP contribution in [0, 0.1) is 5.92 Å². The second-order valence-corrected chi connectivity index (χ2v) is 14.0. The molecular formula is C38H48N6O4S. The number of carbonyl (C=O) groups excluding carboxylic acids is 1. The van der Waals surface area contributed by atoms with Gasteiger partial charge in [-0.2, -0.15) is 0 Å². The first-order valence-corrected chi connectivity index (χ1v) is 18.6. The van der Waals surface area contributed by atoms with E-state index in [2.05, 4.69) is 83.4 Å². The molecule has 49 heavy (non-hydrogen) atoms. The Morgan fingerprint density at radius 3 is 2.53 bits per heavy atom. The molecule has 2 aromatic carbocycles. The van der Waals surface area contributed by atoms with Crippen molar-refractivity contribution in [3.63, 3.8) is 0 Å². The number of rotatable bonds is 17. The second kappa shape index (κ2) is 17.9. The molecule has 3 heterocycles.